The van der Waals surface area contributed by atoms with E-state index in [1.54, 1.807) is 6.07 Å². The van der Waals surface area contributed by atoms with Crippen LogP contribution in [0.4, 0.5) is 0 Å². The van der Waals surface area contributed by atoms with E-state index in [0.29, 0.717) is 17.9 Å². The molecule has 3 nitrogen and oxygen atoms in total. The lowest BCUT2D eigenvalue weighted by Crippen LogP contribution is -2.08. The highest BCUT2D eigenvalue weighted by molar-refractivity contribution is 5.96. The van der Waals surface area contributed by atoms with Gasteiger partial charge in [0.05, 0.1) is 7.11 Å². The highest BCUT2D eigenvalue weighted by Crippen LogP contribution is 2.25. The molecule has 0 heterocycles. The fourth-order valence-electron chi connectivity index (χ4n) is 2.24. The number of hydrogen-bond acceptors (Lipinski definition) is 3. The molecule has 0 aliphatic carbocycles. The monoisotopic (exact) mass is 310 g/mol. The molecule has 2 rings (SSSR count). The molecule has 23 heavy (non-hydrogen) atoms. The largest absolute Gasteiger partial charge is 0.488 e. The molecule has 0 saturated heterocycles. The fourth-order valence-corrected chi connectivity index (χ4v) is 2.24. The van der Waals surface area contributed by atoms with E-state index < -0.39 is 0 Å². The zero-order valence-electron chi connectivity index (χ0n) is 13.6. The van der Waals surface area contributed by atoms with Gasteiger partial charge in [0.1, 0.15) is 17.9 Å². The first-order valence-electron chi connectivity index (χ1n) is 7.80. The number of carbonyl (C=O) groups is 1. The second-order valence-electron chi connectivity index (χ2n) is 5.18. The Hall–Kier alpha value is -2.55. The van der Waals surface area contributed by atoms with E-state index in [-0.39, 0.29) is 5.97 Å². The maximum absolute atomic E-state index is 12.2. The smallest absolute Gasteiger partial charge is 0.342 e. The summed E-state index contributed by atoms with van der Waals surface area (Å²) in [6, 6.07) is 15.4. The number of methoxy groups -OCH3 is 1. The molecule has 0 aromatic heterocycles. The van der Waals surface area contributed by atoms with E-state index in [4.69, 9.17) is 9.47 Å². The summed E-state index contributed by atoms with van der Waals surface area (Å²) < 4.78 is 10.8. The number of allylic oxidation sites excluding steroid dienone is 1. The standard InChI is InChI=1S/C20H22O3/c1-3-4-6-12-17-13-9-14-18(19(17)20(21)22-2)23-15-16-10-7-5-8-11-16/h5-14H,3-4,15H2,1-2H3/b12-6+. The normalized spacial score (nSPS) is 10.7. The zero-order valence-corrected chi connectivity index (χ0v) is 13.6. The van der Waals surface area contributed by atoms with Crippen LogP contribution < -0.4 is 4.74 Å². The first-order chi connectivity index (χ1) is 11.3. The van der Waals surface area contributed by atoms with Gasteiger partial charge in [0, 0.05) is 0 Å². The van der Waals surface area contributed by atoms with E-state index in [9.17, 15) is 4.79 Å². The van der Waals surface area contributed by atoms with Crippen molar-refractivity contribution in [1.82, 2.24) is 0 Å². The Labute approximate surface area is 137 Å². The molecular weight excluding hydrogens is 288 g/mol. The summed E-state index contributed by atoms with van der Waals surface area (Å²) in [5.41, 5.74) is 2.34. The molecule has 2 aromatic carbocycles. The number of hydrogen-bond donors (Lipinski definition) is 0. The van der Waals surface area contributed by atoms with Crippen molar-refractivity contribution in [2.45, 2.75) is 26.4 Å². The Morgan fingerprint density at radius 1 is 1.09 bits per heavy atom. The molecule has 0 saturated carbocycles. The van der Waals surface area contributed by atoms with Gasteiger partial charge in [0.25, 0.3) is 0 Å². The molecule has 0 aliphatic rings. The summed E-state index contributed by atoms with van der Waals surface area (Å²) in [6.07, 6.45) is 6.04. The van der Waals surface area contributed by atoms with Crippen molar-refractivity contribution in [1.29, 1.82) is 0 Å². The van der Waals surface area contributed by atoms with E-state index in [1.165, 1.54) is 7.11 Å². The lowest BCUT2D eigenvalue weighted by Gasteiger charge is -2.12. The summed E-state index contributed by atoms with van der Waals surface area (Å²) in [5, 5.41) is 0. The molecule has 0 aliphatic heterocycles. The SMILES string of the molecule is CCC/C=C/c1cccc(OCc2ccccc2)c1C(=O)OC. The molecule has 0 amide bonds. The molecular formula is C20H22O3. The molecule has 0 N–H and O–H groups in total. The average molecular weight is 310 g/mol. The van der Waals surface area contributed by atoms with Crippen LogP contribution in [0.15, 0.2) is 54.6 Å². The molecule has 120 valence electrons. The van der Waals surface area contributed by atoms with Crippen LogP contribution in [0.5, 0.6) is 5.75 Å². The van der Waals surface area contributed by atoms with E-state index in [1.807, 2.05) is 48.5 Å². The van der Waals surface area contributed by atoms with Gasteiger partial charge in [0.2, 0.25) is 0 Å². The zero-order chi connectivity index (χ0) is 16.5. The van der Waals surface area contributed by atoms with Crippen LogP contribution in [0.2, 0.25) is 0 Å². The van der Waals surface area contributed by atoms with Crippen molar-refractivity contribution in [2.24, 2.45) is 0 Å². The molecule has 0 unspecified atom stereocenters. The van der Waals surface area contributed by atoms with Gasteiger partial charge in [-0.3, -0.25) is 0 Å². The lowest BCUT2D eigenvalue weighted by molar-refractivity contribution is 0.0595. The number of benzene rings is 2. The summed E-state index contributed by atoms with van der Waals surface area (Å²) in [6.45, 7) is 2.53. The number of carbonyl (C=O) groups excluding carboxylic acids is 1. The predicted molar refractivity (Wildman–Crippen MR) is 92.5 cm³/mol. The van der Waals surface area contributed by atoms with E-state index >= 15 is 0 Å². The Bertz CT molecular complexity index is 660. The fraction of sp³-hybridized carbons (Fsp3) is 0.250. The van der Waals surface area contributed by atoms with Crippen molar-refractivity contribution in [3.8, 4) is 5.75 Å². The number of ether oxygens (including phenoxy) is 2. The summed E-state index contributed by atoms with van der Waals surface area (Å²) in [7, 11) is 1.38. The topological polar surface area (TPSA) is 35.5 Å². The van der Waals surface area contributed by atoms with Gasteiger partial charge in [-0.1, -0.05) is 68.0 Å². The van der Waals surface area contributed by atoms with Gasteiger partial charge in [-0.15, -0.1) is 0 Å². The molecule has 0 spiro atoms. The minimum Gasteiger partial charge on any atom is -0.488 e. The Balaban J connectivity index is 2.26. The Kier molecular flexibility index (Phi) is 6.42. The Morgan fingerprint density at radius 2 is 1.87 bits per heavy atom. The minimum atomic E-state index is -0.384. The summed E-state index contributed by atoms with van der Waals surface area (Å²) >= 11 is 0. The van der Waals surface area contributed by atoms with Crippen LogP contribution in [-0.2, 0) is 11.3 Å². The third kappa shape index (κ3) is 4.71. The van der Waals surface area contributed by atoms with Gasteiger partial charge >= 0.3 is 5.97 Å². The van der Waals surface area contributed by atoms with Crippen LogP contribution in [0.3, 0.4) is 0 Å². The molecule has 3 heteroatoms. The molecule has 2 aromatic rings. The maximum atomic E-state index is 12.2. The first-order valence-corrected chi connectivity index (χ1v) is 7.80. The lowest BCUT2D eigenvalue weighted by atomic mass is 10.1. The molecule has 0 fully saturated rings. The predicted octanol–water partition coefficient (Wildman–Crippen LogP) is 4.87. The van der Waals surface area contributed by atoms with E-state index in [2.05, 4.69) is 13.0 Å². The quantitative estimate of drug-likeness (QED) is 0.685. The summed E-state index contributed by atoms with van der Waals surface area (Å²) in [5.74, 6) is 0.157. The van der Waals surface area contributed by atoms with Crippen molar-refractivity contribution in [2.75, 3.05) is 7.11 Å². The first kappa shape index (κ1) is 16.8. The third-order valence-electron chi connectivity index (χ3n) is 3.44. The van der Waals surface area contributed by atoms with Crippen molar-refractivity contribution in [3.05, 3.63) is 71.3 Å². The van der Waals surface area contributed by atoms with Gasteiger partial charge in [-0.25, -0.2) is 4.79 Å². The van der Waals surface area contributed by atoms with Gasteiger partial charge in [-0.05, 0) is 23.6 Å². The number of unbranched alkanes of at least 4 members (excludes halogenated alkanes) is 1. The summed E-state index contributed by atoms with van der Waals surface area (Å²) in [4.78, 5) is 12.2. The number of rotatable bonds is 7. The molecule has 0 radical (unpaired) electrons. The van der Waals surface area contributed by atoms with Crippen LogP contribution in [0.1, 0.15) is 41.3 Å². The highest BCUT2D eigenvalue weighted by atomic mass is 16.5. The number of esters is 1. The van der Waals surface area contributed by atoms with Crippen LogP contribution in [0.25, 0.3) is 6.08 Å². The van der Waals surface area contributed by atoms with E-state index in [0.717, 1.165) is 24.0 Å². The van der Waals surface area contributed by atoms with Gasteiger partial charge in [-0.2, -0.15) is 0 Å². The van der Waals surface area contributed by atoms with Crippen LogP contribution >= 0.6 is 0 Å². The second-order valence-corrected chi connectivity index (χ2v) is 5.18. The Morgan fingerprint density at radius 3 is 2.57 bits per heavy atom. The van der Waals surface area contributed by atoms with Gasteiger partial charge in [0.15, 0.2) is 0 Å². The van der Waals surface area contributed by atoms with Gasteiger partial charge < -0.3 is 9.47 Å². The van der Waals surface area contributed by atoms with Crippen LogP contribution in [0, 0.1) is 0 Å². The van der Waals surface area contributed by atoms with Crippen LogP contribution in [-0.4, -0.2) is 13.1 Å². The highest BCUT2D eigenvalue weighted by Gasteiger charge is 2.17. The third-order valence-corrected chi connectivity index (χ3v) is 3.44. The maximum Gasteiger partial charge on any atom is 0.342 e. The minimum absolute atomic E-state index is 0.384. The van der Waals surface area contributed by atoms with Crippen molar-refractivity contribution in [3.63, 3.8) is 0 Å². The van der Waals surface area contributed by atoms with Crippen molar-refractivity contribution < 1.29 is 14.3 Å². The molecule has 0 bridgehead atoms. The molecule has 0 atom stereocenters. The average Bonchev–Trinajstić information content (AvgIpc) is 2.60. The van der Waals surface area contributed by atoms with Crippen molar-refractivity contribution >= 4 is 12.0 Å². The second kappa shape index (κ2) is 8.79.